The van der Waals surface area contributed by atoms with E-state index in [0.717, 1.165) is 37.0 Å². The molecule has 6 nitrogen and oxygen atoms in total. The number of carbonyl (C=O) groups is 2. The third kappa shape index (κ3) is 2.30. The molecule has 0 atom stereocenters. The summed E-state index contributed by atoms with van der Waals surface area (Å²) in [7, 11) is 0. The number of carbonyl (C=O) groups excluding carboxylic acids is 1. The lowest BCUT2D eigenvalue weighted by Crippen LogP contribution is -2.40. The molecule has 1 N–H and O–H groups in total. The van der Waals surface area contributed by atoms with Gasteiger partial charge in [-0.15, -0.1) is 0 Å². The van der Waals surface area contributed by atoms with Crippen molar-refractivity contribution in [3.8, 4) is 0 Å². The van der Waals surface area contributed by atoms with Gasteiger partial charge in [-0.2, -0.15) is 0 Å². The van der Waals surface area contributed by atoms with E-state index >= 15 is 0 Å². The molecule has 1 saturated heterocycles. The summed E-state index contributed by atoms with van der Waals surface area (Å²) in [5.41, 5.74) is 1.40. The fourth-order valence-corrected chi connectivity index (χ4v) is 3.03. The maximum atomic E-state index is 12.5. The SMILES string of the molecule is O=C(O)C1CCN(C(=O)c2noc3c2CCCC3)CC1. The minimum Gasteiger partial charge on any atom is -0.481 e. The topological polar surface area (TPSA) is 83.6 Å². The van der Waals surface area contributed by atoms with Gasteiger partial charge < -0.3 is 14.5 Å². The predicted molar refractivity (Wildman–Crippen MR) is 69.4 cm³/mol. The molecule has 1 fully saturated rings. The number of likely N-dealkylation sites (tertiary alicyclic amines) is 1. The molecule has 1 aliphatic heterocycles. The number of carboxylic acids is 1. The van der Waals surface area contributed by atoms with Gasteiger partial charge in [0.1, 0.15) is 5.76 Å². The fraction of sp³-hybridized carbons (Fsp3) is 0.643. The Balaban J connectivity index is 1.71. The Morgan fingerprint density at radius 2 is 1.90 bits per heavy atom. The van der Waals surface area contributed by atoms with Gasteiger partial charge in [0.25, 0.3) is 5.91 Å². The van der Waals surface area contributed by atoms with Gasteiger partial charge in [-0.25, -0.2) is 0 Å². The monoisotopic (exact) mass is 278 g/mol. The van der Waals surface area contributed by atoms with E-state index in [1.165, 1.54) is 0 Å². The van der Waals surface area contributed by atoms with Gasteiger partial charge >= 0.3 is 5.97 Å². The second-order valence-corrected chi connectivity index (χ2v) is 5.54. The smallest absolute Gasteiger partial charge is 0.306 e. The van der Waals surface area contributed by atoms with Crippen molar-refractivity contribution in [1.29, 1.82) is 0 Å². The number of amides is 1. The van der Waals surface area contributed by atoms with Crippen LogP contribution < -0.4 is 0 Å². The van der Waals surface area contributed by atoms with E-state index in [4.69, 9.17) is 9.63 Å². The molecule has 0 saturated carbocycles. The van der Waals surface area contributed by atoms with Gasteiger partial charge in [0.05, 0.1) is 5.92 Å². The van der Waals surface area contributed by atoms with Gasteiger partial charge in [-0.05, 0) is 32.1 Å². The highest BCUT2D eigenvalue weighted by molar-refractivity contribution is 5.94. The first-order valence-electron chi connectivity index (χ1n) is 7.16. The first kappa shape index (κ1) is 13.1. The average molecular weight is 278 g/mol. The highest BCUT2D eigenvalue weighted by atomic mass is 16.5. The lowest BCUT2D eigenvalue weighted by atomic mass is 9.94. The zero-order chi connectivity index (χ0) is 14.1. The number of fused-ring (bicyclic) bond motifs is 1. The predicted octanol–water partition coefficient (Wildman–Crippen LogP) is 1.49. The number of aryl methyl sites for hydroxylation is 1. The van der Waals surface area contributed by atoms with Gasteiger partial charge in [0.15, 0.2) is 5.69 Å². The minimum absolute atomic E-state index is 0.110. The quantitative estimate of drug-likeness (QED) is 0.886. The molecule has 0 aromatic carbocycles. The molecular formula is C14H18N2O4. The van der Waals surface area contributed by atoms with Crippen LogP contribution >= 0.6 is 0 Å². The zero-order valence-electron chi connectivity index (χ0n) is 11.3. The van der Waals surface area contributed by atoms with Crippen LogP contribution in [0.3, 0.4) is 0 Å². The number of rotatable bonds is 2. The number of piperidine rings is 1. The number of aromatic nitrogens is 1. The van der Waals surface area contributed by atoms with E-state index in [-0.39, 0.29) is 11.8 Å². The molecule has 2 heterocycles. The van der Waals surface area contributed by atoms with Crippen molar-refractivity contribution in [2.45, 2.75) is 38.5 Å². The first-order valence-corrected chi connectivity index (χ1v) is 7.16. The maximum Gasteiger partial charge on any atom is 0.306 e. The summed E-state index contributed by atoms with van der Waals surface area (Å²) in [4.78, 5) is 25.1. The Hall–Kier alpha value is -1.85. The van der Waals surface area contributed by atoms with Crippen molar-refractivity contribution < 1.29 is 19.2 Å². The van der Waals surface area contributed by atoms with Crippen molar-refractivity contribution in [1.82, 2.24) is 10.1 Å². The molecule has 6 heteroatoms. The van der Waals surface area contributed by atoms with Crippen LogP contribution in [0.2, 0.25) is 0 Å². The molecule has 1 aromatic rings. The van der Waals surface area contributed by atoms with Crippen LogP contribution in [0, 0.1) is 5.92 Å². The first-order chi connectivity index (χ1) is 9.66. The van der Waals surface area contributed by atoms with Gasteiger partial charge in [-0.1, -0.05) is 5.16 Å². The normalized spacial score (nSPS) is 19.7. The number of hydrogen-bond acceptors (Lipinski definition) is 4. The molecule has 20 heavy (non-hydrogen) atoms. The highest BCUT2D eigenvalue weighted by Crippen LogP contribution is 2.26. The Labute approximate surface area is 116 Å². The summed E-state index contributed by atoms with van der Waals surface area (Å²) >= 11 is 0. The van der Waals surface area contributed by atoms with Crippen molar-refractivity contribution >= 4 is 11.9 Å². The number of carboxylic acid groups (broad SMARTS) is 1. The van der Waals surface area contributed by atoms with Crippen molar-refractivity contribution in [2.75, 3.05) is 13.1 Å². The summed E-state index contributed by atoms with van der Waals surface area (Å²) < 4.78 is 5.27. The van der Waals surface area contributed by atoms with E-state index in [9.17, 15) is 9.59 Å². The van der Waals surface area contributed by atoms with Gasteiger partial charge in [0.2, 0.25) is 0 Å². The number of nitrogens with zero attached hydrogens (tertiary/aromatic N) is 2. The molecule has 0 unspecified atom stereocenters. The van der Waals surface area contributed by atoms with E-state index in [0.29, 0.717) is 31.6 Å². The molecule has 1 aromatic heterocycles. The van der Waals surface area contributed by atoms with Crippen LogP contribution in [0.5, 0.6) is 0 Å². The van der Waals surface area contributed by atoms with Crippen LogP contribution in [0.1, 0.15) is 47.5 Å². The van der Waals surface area contributed by atoms with E-state index in [2.05, 4.69) is 5.16 Å². The minimum atomic E-state index is -0.768. The lowest BCUT2D eigenvalue weighted by Gasteiger charge is -2.29. The van der Waals surface area contributed by atoms with E-state index in [1.54, 1.807) is 4.90 Å². The van der Waals surface area contributed by atoms with Gasteiger partial charge in [-0.3, -0.25) is 9.59 Å². The van der Waals surface area contributed by atoms with Crippen LogP contribution in [0.4, 0.5) is 0 Å². The molecule has 0 spiro atoms. The van der Waals surface area contributed by atoms with Crippen LogP contribution in [-0.2, 0) is 17.6 Å². The standard InChI is InChI=1S/C14H18N2O4/c17-13(16-7-5-9(6-8-16)14(18)19)12-10-3-1-2-4-11(10)20-15-12/h9H,1-8H2,(H,18,19). The van der Waals surface area contributed by atoms with Crippen molar-refractivity contribution in [2.24, 2.45) is 5.92 Å². The largest absolute Gasteiger partial charge is 0.481 e. The lowest BCUT2D eigenvalue weighted by molar-refractivity contribution is -0.143. The molecule has 0 bridgehead atoms. The fourth-order valence-electron chi connectivity index (χ4n) is 3.03. The molecule has 3 rings (SSSR count). The highest BCUT2D eigenvalue weighted by Gasteiger charge is 2.31. The van der Waals surface area contributed by atoms with E-state index in [1.807, 2.05) is 0 Å². The van der Waals surface area contributed by atoms with E-state index < -0.39 is 5.97 Å². The molecule has 1 amide bonds. The zero-order valence-corrected chi connectivity index (χ0v) is 11.3. The van der Waals surface area contributed by atoms with Crippen molar-refractivity contribution in [3.63, 3.8) is 0 Å². The summed E-state index contributed by atoms with van der Waals surface area (Å²) in [5, 5.41) is 12.9. The molecule has 1 aliphatic carbocycles. The molecule has 2 aliphatic rings. The third-order valence-corrected chi connectivity index (χ3v) is 4.28. The Morgan fingerprint density at radius 1 is 1.20 bits per heavy atom. The van der Waals surface area contributed by atoms with Crippen molar-refractivity contribution in [3.05, 3.63) is 17.0 Å². The Bertz CT molecular complexity index is 529. The Kier molecular flexibility index (Phi) is 3.46. The second-order valence-electron chi connectivity index (χ2n) is 5.54. The second kappa shape index (κ2) is 5.26. The summed E-state index contributed by atoms with van der Waals surface area (Å²) in [6.07, 6.45) is 4.89. The summed E-state index contributed by atoms with van der Waals surface area (Å²) in [6.45, 7) is 0.967. The van der Waals surface area contributed by atoms with Gasteiger partial charge in [0, 0.05) is 25.1 Å². The summed E-state index contributed by atoms with van der Waals surface area (Å²) in [5.74, 6) is -0.359. The van der Waals surface area contributed by atoms with Crippen LogP contribution in [0.25, 0.3) is 0 Å². The third-order valence-electron chi connectivity index (χ3n) is 4.28. The number of hydrogen-bond donors (Lipinski definition) is 1. The maximum absolute atomic E-state index is 12.5. The van der Waals surface area contributed by atoms with Crippen LogP contribution in [-0.4, -0.2) is 40.1 Å². The average Bonchev–Trinajstić information content (AvgIpc) is 2.90. The molecular weight excluding hydrogens is 260 g/mol. The summed E-state index contributed by atoms with van der Waals surface area (Å²) in [6, 6.07) is 0. The molecule has 0 radical (unpaired) electrons. The molecule has 108 valence electrons. The van der Waals surface area contributed by atoms with Crippen LogP contribution in [0.15, 0.2) is 4.52 Å². The number of aliphatic carboxylic acids is 1. The Morgan fingerprint density at radius 3 is 2.60 bits per heavy atom.